The summed E-state index contributed by atoms with van der Waals surface area (Å²) in [7, 11) is 1.74. The lowest BCUT2D eigenvalue weighted by atomic mass is 10.5. The Balaban J connectivity index is 2.58. The van der Waals surface area contributed by atoms with Crippen LogP contribution in [0.2, 0.25) is 0 Å². The highest BCUT2D eigenvalue weighted by Crippen LogP contribution is 2.11. The molecule has 0 bridgehead atoms. The molecule has 0 aliphatic heterocycles. The maximum Gasteiger partial charge on any atom is 0.241 e. The molecule has 1 rings (SSSR count). The Hall–Kier alpha value is -1.37. The SMILES string of the molecule is CCN(C)C(=O)CNc1nc(N)cc(Br)n1. The molecule has 0 saturated carbocycles. The molecule has 7 heteroatoms. The highest BCUT2D eigenvalue weighted by molar-refractivity contribution is 9.10. The fraction of sp³-hybridized carbons (Fsp3) is 0.444. The third-order valence-corrected chi connectivity index (χ3v) is 2.42. The van der Waals surface area contributed by atoms with Crippen molar-refractivity contribution >= 4 is 33.6 Å². The lowest BCUT2D eigenvalue weighted by Crippen LogP contribution is -2.32. The summed E-state index contributed by atoms with van der Waals surface area (Å²) >= 11 is 3.20. The summed E-state index contributed by atoms with van der Waals surface area (Å²) in [4.78, 5) is 21.1. The number of likely N-dealkylation sites (N-methyl/N-ethyl adjacent to an activating group) is 1. The third-order valence-electron chi connectivity index (χ3n) is 2.01. The summed E-state index contributed by atoms with van der Waals surface area (Å²) in [5.74, 6) is 0.662. The number of nitrogens with one attached hydrogen (secondary N) is 1. The number of carbonyl (C=O) groups excluding carboxylic acids is 1. The zero-order valence-corrected chi connectivity index (χ0v) is 10.8. The van der Waals surface area contributed by atoms with Gasteiger partial charge in [-0.1, -0.05) is 0 Å². The molecular formula is C9H14BrN5O. The number of hydrogen-bond acceptors (Lipinski definition) is 5. The first-order chi connectivity index (χ1) is 7.52. The van der Waals surface area contributed by atoms with Gasteiger partial charge in [0, 0.05) is 19.7 Å². The molecule has 0 atom stereocenters. The van der Waals surface area contributed by atoms with Crippen LogP contribution in [-0.4, -0.2) is 40.9 Å². The molecule has 88 valence electrons. The lowest BCUT2D eigenvalue weighted by molar-refractivity contribution is -0.127. The van der Waals surface area contributed by atoms with Gasteiger partial charge in [0.2, 0.25) is 11.9 Å². The van der Waals surface area contributed by atoms with Crippen LogP contribution < -0.4 is 11.1 Å². The Morgan fingerprint density at radius 2 is 2.31 bits per heavy atom. The van der Waals surface area contributed by atoms with Crippen molar-refractivity contribution in [2.45, 2.75) is 6.92 Å². The number of anilines is 2. The molecule has 0 spiro atoms. The van der Waals surface area contributed by atoms with Crippen LogP contribution in [-0.2, 0) is 4.79 Å². The number of carbonyl (C=O) groups is 1. The summed E-state index contributed by atoms with van der Waals surface area (Å²) in [5, 5.41) is 2.82. The van der Waals surface area contributed by atoms with Crippen LogP contribution in [0.5, 0.6) is 0 Å². The molecule has 0 aliphatic carbocycles. The van der Waals surface area contributed by atoms with E-state index in [4.69, 9.17) is 5.73 Å². The van der Waals surface area contributed by atoms with Crippen LogP contribution in [0, 0.1) is 0 Å². The number of nitrogens with zero attached hydrogens (tertiary/aromatic N) is 3. The topological polar surface area (TPSA) is 84.1 Å². The lowest BCUT2D eigenvalue weighted by Gasteiger charge is -2.14. The number of nitrogens with two attached hydrogens (primary N) is 1. The highest BCUT2D eigenvalue weighted by atomic mass is 79.9. The third kappa shape index (κ3) is 3.65. The summed E-state index contributed by atoms with van der Waals surface area (Å²) in [6.45, 7) is 2.73. The quantitative estimate of drug-likeness (QED) is 0.797. The molecule has 1 amide bonds. The minimum atomic E-state index is -0.0235. The van der Waals surface area contributed by atoms with E-state index in [0.717, 1.165) is 0 Å². The van der Waals surface area contributed by atoms with Crippen LogP contribution in [0.3, 0.4) is 0 Å². The van der Waals surface area contributed by atoms with E-state index in [9.17, 15) is 4.79 Å². The number of hydrogen-bond donors (Lipinski definition) is 2. The van der Waals surface area contributed by atoms with Gasteiger partial charge in [-0.2, -0.15) is 4.98 Å². The van der Waals surface area contributed by atoms with Gasteiger partial charge in [-0.05, 0) is 22.9 Å². The van der Waals surface area contributed by atoms with Crippen LogP contribution in [0.4, 0.5) is 11.8 Å². The molecule has 1 aromatic rings. The first-order valence-electron chi connectivity index (χ1n) is 4.80. The van der Waals surface area contributed by atoms with Crippen molar-refractivity contribution < 1.29 is 4.79 Å². The normalized spacial score (nSPS) is 9.94. The number of halogens is 1. The summed E-state index contributed by atoms with van der Waals surface area (Å²) in [5.41, 5.74) is 5.54. The van der Waals surface area contributed by atoms with E-state index in [-0.39, 0.29) is 12.5 Å². The van der Waals surface area contributed by atoms with Gasteiger partial charge in [0.25, 0.3) is 0 Å². The number of rotatable bonds is 4. The maximum absolute atomic E-state index is 11.5. The zero-order valence-electron chi connectivity index (χ0n) is 9.20. The van der Waals surface area contributed by atoms with Crippen molar-refractivity contribution in [2.75, 3.05) is 31.2 Å². The minimum Gasteiger partial charge on any atom is -0.383 e. The van der Waals surface area contributed by atoms with E-state index in [0.29, 0.717) is 22.9 Å². The molecule has 6 nitrogen and oxygen atoms in total. The molecule has 1 aromatic heterocycles. The van der Waals surface area contributed by atoms with Crippen molar-refractivity contribution in [2.24, 2.45) is 0 Å². The van der Waals surface area contributed by atoms with Gasteiger partial charge >= 0.3 is 0 Å². The predicted molar refractivity (Wildman–Crippen MR) is 65.9 cm³/mol. The average molecular weight is 288 g/mol. The second kappa shape index (κ2) is 5.64. The van der Waals surface area contributed by atoms with Gasteiger partial charge in [-0.15, -0.1) is 0 Å². The van der Waals surface area contributed by atoms with Crippen LogP contribution in [0.25, 0.3) is 0 Å². The number of aromatic nitrogens is 2. The van der Waals surface area contributed by atoms with Crippen LogP contribution >= 0.6 is 15.9 Å². The zero-order chi connectivity index (χ0) is 12.1. The monoisotopic (exact) mass is 287 g/mol. The molecule has 0 saturated heterocycles. The Morgan fingerprint density at radius 1 is 1.62 bits per heavy atom. The fourth-order valence-corrected chi connectivity index (χ4v) is 1.38. The van der Waals surface area contributed by atoms with Gasteiger partial charge in [-0.3, -0.25) is 4.79 Å². The van der Waals surface area contributed by atoms with E-state index in [1.165, 1.54) is 0 Å². The predicted octanol–water partition coefficient (Wildman–Crippen LogP) is 0.712. The highest BCUT2D eigenvalue weighted by Gasteiger charge is 2.07. The Kier molecular flexibility index (Phi) is 4.48. The van der Waals surface area contributed by atoms with Crippen molar-refractivity contribution in [3.8, 4) is 0 Å². The maximum atomic E-state index is 11.5. The van der Waals surface area contributed by atoms with E-state index in [1.54, 1.807) is 18.0 Å². The summed E-state index contributed by atoms with van der Waals surface area (Å²) in [6, 6.07) is 1.59. The fourth-order valence-electron chi connectivity index (χ4n) is 0.980. The summed E-state index contributed by atoms with van der Waals surface area (Å²) < 4.78 is 0.582. The number of nitrogen functional groups attached to an aromatic ring is 1. The largest absolute Gasteiger partial charge is 0.383 e. The molecule has 0 radical (unpaired) electrons. The van der Waals surface area contributed by atoms with E-state index >= 15 is 0 Å². The molecular weight excluding hydrogens is 274 g/mol. The van der Waals surface area contributed by atoms with Crippen molar-refractivity contribution in [3.63, 3.8) is 0 Å². The van der Waals surface area contributed by atoms with Gasteiger partial charge in [0.1, 0.15) is 10.4 Å². The van der Waals surface area contributed by atoms with Crippen LogP contribution in [0.1, 0.15) is 6.92 Å². The number of amides is 1. The Morgan fingerprint density at radius 3 is 2.88 bits per heavy atom. The molecule has 0 aromatic carbocycles. The van der Waals surface area contributed by atoms with E-state index in [2.05, 4.69) is 31.2 Å². The Labute approximate surface area is 102 Å². The van der Waals surface area contributed by atoms with Gasteiger partial charge in [0.15, 0.2) is 0 Å². The van der Waals surface area contributed by atoms with Crippen molar-refractivity contribution in [1.29, 1.82) is 0 Å². The average Bonchev–Trinajstić information content (AvgIpc) is 2.23. The summed E-state index contributed by atoms with van der Waals surface area (Å²) in [6.07, 6.45) is 0. The molecule has 0 aliphatic rings. The second-order valence-corrected chi connectivity index (χ2v) is 4.01. The molecule has 16 heavy (non-hydrogen) atoms. The van der Waals surface area contributed by atoms with E-state index in [1.807, 2.05) is 6.92 Å². The second-order valence-electron chi connectivity index (χ2n) is 3.20. The van der Waals surface area contributed by atoms with Crippen molar-refractivity contribution in [1.82, 2.24) is 14.9 Å². The molecule has 3 N–H and O–H groups in total. The first-order valence-corrected chi connectivity index (χ1v) is 5.60. The minimum absolute atomic E-state index is 0.0235. The van der Waals surface area contributed by atoms with Crippen LogP contribution in [0.15, 0.2) is 10.7 Å². The van der Waals surface area contributed by atoms with Gasteiger partial charge in [-0.25, -0.2) is 4.98 Å². The Bertz CT molecular complexity index is 364. The van der Waals surface area contributed by atoms with Gasteiger partial charge < -0.3 is 16.0 Å². The molecule has 0 fully saturated rings. The van der Waals surface area contributed by atoms with E-state index < -0.39 is 0 Å². The van der Waals surface area contributed by atoms with Crippen molar-refractivity contribution in [3.05, 3.63) is 10.7 Å². The molecule has 1 heterocycles. The molecule has 0 unspecified atom stereocenters. The standard InChI is InChI=1S/C9H14BrN5O/c1-3-15(2)8(16)5-12-9-13-6(10)4-7(11)14-9/h4H,3,5H2,1-2H3,(H3,11,12,13,14). The van der Waals surface area contributed by atoms with Gasteiger partial charge in [0.05, 0.1) is 6.54 Å². The first kappa shape index (κ1) is 12.7. The smallest absolute Gasteiger partial charge is 0.241 e.